The molecule has 1 aromatic carbocycles. The molecule has 0 aliphatic rings. The number of ether oxygens (including phenoxy) is 1. The van der Waals surface area contributed by atoms with Crippen LogP contribution in [0.1, 0.15) is 37.9 Å². The number of rotatable bonds is 8. The van der Waals surface area contributed by atoms with Crippen LogP contribution in [-0.2, 0) is 4.74 Å². The van der Waals surface area contributed by atoms with Crippen LogP contribution in [0.3, 0.4) is 0 Å². The molecule has 17 heavy (non-hydrogen) atoms. The van der Waals surface area contributed by atoms with E-state index in [1.807, 2.05) is 13.1 Å². The van der Waals surface area contributed by atoms with Crippen molar-refractivity contribution in [1.82, 2.24) is 5.32 Å². The van der Waals surface area contributed by atoms with Crippen LogP contribution >= 0.6 is 15.9 Å². The SMILES string of the molecule is CCCCCOC(CNC)c1ccccc1Br. The summed E-state index contributed by atoms with van der Waals surface area (Å²) in [4.78, 5) is 0. The number of halogens is 1. The lowest BCUT2D eigenvalue weighted by molar-refractivity contribution is 0.0509. The van der Waals surface area contributed by atoms with E-state index in [9.17, 15) is 0 Å². The molecule has 3 heteroatoms. The number of benzene rings is 1. The fraction of sp³-hybridized carbons (Fsp3) is 0.571. The van der Waals surface area contributed by atoms with Gasteiger partial charge in [-0.2, -0.15) is 0 Å². The first-order valence-electron chi connectivity index (χ1n) is 6.30. The fourth-order valence-corrected chi connectivity index (χ4v) is 2.30. The molecule has 0 heterocycles. The average molecular weight is 300 g/mol. The van der Waals surface area contributed by atoms with Gasteiger partial charge in [-0.25, -0.2) is 0 Å². The minimum atomic E-state index is 0.132. The zero-order valence-electron chi connectivity index (χ0n) is 10.7. The maximum atomic E-state index is 5.96. The molecule has 1 unspecified atom stereocenters. The third-order valence-corrected chi connectivity index (χ3v) is 3.43. The topological polar surface area (TPSA) is 21.3 Å². The first-order chi connectivity index (χ1) is 8.29. The van der Waals surface area contributed by atoms with E-state index in [0.29, 0.717) is 0 Å². The third kappa shape index (κ3) is 5.19. The second-order valence-electron chi connectivity index (χ2n) is 4.15. The summed E-state index contributed by atoms with van der Waals surface area (Å²) in [5, 5.41) is 3.19. The Morgan fingerprint density at radius 1 is 1.29 bits per heavy atom. The van der Waals surface area contributed by atoms with E-state index < -0.39 is 0 Å². The van der Waals surface area contributed by atoms with Gasteiger partial charge in [0.05, 0.1) is 6.10 Å². The van der Waals surface area contributed by atoms with E-state index in [0.717, 1.165) is 24.0 Å². The van der Waals surface area contributed by atoms with Gasteiger partial charge in [0, 0.05) is 17.6 Å². The molecular formula is C14H22BrNO. The molecule has 1 rings (SSSR count). The summed E-state index contributed by atoms with van der Waals surface area (Å²) in [6.07, 6.45) is 3.74. The Morgan fingerprint density at radius 3 is 2.71 bits per heavy atom. The average Bonchev–Trinajstić information content (AvgIpc) is 2.34. The van der Waals surface area contributed by atoms with Crippen LogP contribution in [0.5, 0.6) is 0 Å². The molecular weight excluding hydrogens is 278 g/mol. The summed E-state index contributed by atoms with van der Waals surface area (Å²) < 4.78 is 7.08. The smallest absolute Gasteiger partial charge is 0.0959 e. The van der Waals surface area contributed by atoms with Crippen molar-refractivity contribution in [3.8, 4) is 0 Å². The maximum Gasteiger partial charge on any atom is 0.0959 e. The first kappa shape index (κ1) is 14.7. The van der Waals surface area contributed by atoms with Crippen LogP contribution < -0.4 is 5.32 Å². The summed E-state index contributed by atoms with van der Waals surface area (Å²) in [5.41, 5.74) is 1.22. The highest BCUT2D eigenvalue weighted by atomic mass is 79.9. The fourth-order valence-electron chi connectivity index (χ4n) is 1.76. The molecule has 0 bridgehead atoms. The minimum Gasteiger partial charge on any atom is -0.372 e. The van der Waals surface area contributed by atoms with Gasteiger partial charge in [0.25, 0.3) is 0 Å². The van der Waals surface area contributed by atoms with E-state index >= 15 is 0 Å². The molecule has 0 aliphatic carbocycles. The van der Waals surface area contributed by atoms with Gasteiger partial charge in [-0.1, -0.05) is 53.9 Å². The number of nitrogens with one attached hydrogen (secondary N) is 1. The first-order valence-corrected chi connectivity index (χ1v) is 7.09. The zero-order valence-corrected chi connectivity index (χ0v) is 12.3. The molecule has 0 aliphatic heterocycles. The number of hydrogen-bond donors (Lipinski definition) is 1. The van der Waals surface area contributed by atoms with E-state index in [1.165, 1.54) is 18.4 Å². The van der Waals surface area contributed by atoms with Crippen molar-refractivity contribution in [1.29, 1.82) is 0 Å². The van der Waals surface area contributed by atoms with E-state index in [2.05, 4.69) is 46.4 Å². The van der Waals surface area contributed by atoms with Crippen LogP contribution in [-0.4, -0.2) is 20.2 Å². The largest absolute Gasteiger partial charge is 0.372 e. The van der Waals surface area contributed by atoms with E-state index in [-0.39, 0.29) is 6.10 Å². The number of likely N-dealkylation sites (N-methyl/N-ethyl adjacent to an activating group) is 1. The zero-order chi connectivity index (χ0) is 12.5. The lowest BCUT2D eigenvalue weighted by atomic mass is 10.1. The molecule has 1 N–H and O–H groups in total. The predicted molar refractivity (Wildman–Crippen MR) is 76.3 cm³/mol. The Kier molecular flexibility index (Phi) is 7.49. The van der Waals surface area contributed by atoms with Crippen molar-refractivity contribution in [3.63, 3.8) is 0 Å². The third-order valence-electron chi connectivity index (χ3n) is 2.71. The molecule has 96 valence electrons. The minimum absolute atomic E-state index is 0.132. The molecule has 1 atom stereocenters. The summed E-state index contributed by atoms with van der Waals surface area (Å²) >= 11 is 3.58. The molecule has 0 radical (unpaired) electrons. The van der Waals surface area contributed by atoms with Crippen molar-refractivity contribution in [2.75, 3.05) is 20.2 Å². The Labute approximate surface area is 113 Å². The standard InChI is InChI=1S/C14H22BrNO/c1-3-4-7-10-17-14(11-16-2)12-8-5-6-9-13(12)15/h5-6,8-9,14,16H,3-4,7,10-11H2,1-2H3. The molecule has 0 saturated carbocycles. The van der Waals surface area contributed by atoms with Gasteiger partial charge in [0.15, 0.2) is 0 Å². The van der Waals surface area contributed by atoms with Gasteiger partial charge >= 0.3 is 0 Å². The Morgan fingerprint density at radius 2 is 2.06 bits per heavy atom. The highest BCUT2D eigenvalue weighted by Crippen LogP contribution is 2.25. The van der Waals surface area contributed by atoms with Gasteiger partial charge in [-0.15, -0.1) is 0 Å². The summed E-state index contributed by atoms with van der Waals surface area (Å²) in [7, 11) is 1.96. The molecule has 0 aromatic heterocycles. The highest BCUT2D eigenvalue weighted by molar-refractivity contribution is 9.10. The lowest BCUT2D eigenvalue weighted by Crippen LogP contribution is -2.20. The van der Waals surface area contributed by atoms with Crippen LogP contribution in [0.15, 0.2) is 28.7 Å². The monoisotopic (exact) mass is 299 g/mol. The molecule has 0 spiro atoms. The normalized spacial score (nSPS) is 12.6. The van der Waals surface area contributed by atoms with Gasteiger partial charge < -0.3 is 10.1 Å². The van der Waals surface area contributed by atoms with Crippen LogP contribution in [0.25, 0.3) is 0 Å². The number of hydrogen-bond acceptors (Lipinski definition) is 2. The molecule has 1 aromatic rings. The molecule has 0 saturated heterocycles. The summed E-state index contributed by atoms with van der Waals surface area (Å²) in [5.74, 6) is 0. The Hall–Kier alpha value is -0.380. The summed E-state index contributed by atoms with van der Waals surface area (Å²) in [6, 6.07) is 8.26. The predicted octanol–water partition coefficient (Wildman–Crippen LogP) is 3.92. The van der Waals surface area contributed by atoms with Crippen LogP contribution in [0, 0.1) is 0 Å². The van der Waals surface area contributed by atoms with Crippen molar-refractivity contribution < 1.29 is 4.74 Å². The quantitative estimate of drug-likeness (QED) is 0.735. The van der Waals surface area contributed by atoms with Gasteiger partial charge in [-0.05, 0) is 25.1 Å². The van der Waals surface area contributed by atoms with Crippen molar-refractivity contribution >= 4 is 15.9 Å². The highest BCUT2D eigenvalue weighted by Gasteiger charge is 2.13. The number of unbranched alkanes of at least 4 members (excludes halogenated alkanes) is 2. The Bertz CT molecular complexity index is 317. The molecule has 0 amide bonds. The van der Waals surface area contributed by atoms with Gasteiger partial charge in [0.2, 0.25) is 0 Å². The van der Waals surface area contributed by atoms with Crippen LogP contribution in [0.2, 0.25) is 0 Å². The maximum absolute atomic E-state index is 5.96. The van der Waals surface area contributed by atoms with Crippen LogP contribution in [0.4, 0.5) is 0 Å². The van der Waals surface area contributed by atoms with Crippen molar-refractivity contribution in [3.05, 3.63) is 34.3 Å². The van der Waals surface area contributed by atoms with E-state index in [4.69, 9.17) is 4.74 Å². The lowest BCUT2D eigenvalue weighted by Gasteiger charge is -2.19. The van der Waals surface area contributed by atoms with Gasteiger partial charge in [-0.3, -0.25) is 0 Å². The second kappa shape index (κ2) is 8.67. The Balaban J connectivity index is 2.56. The van der Waals surface area contributed by atoms with Crippen molar-refractivity contribution in [2.24, 2.45) is 0 Å². The molecule has 2 nitrogen and oxygen atoms in total. The van der Waals surface area contributed by atoms with Crippen molar-refractivity contribution in [2.45, 2.75) is 32.3 Å². The molecule has 0 fully saturated rings. The van der Waals surface area contributed by atoms with E-state index in [1.54, 1.807) is 0 Å². The second-order valence-corrected chi connectivity index (χ2v) is 5.00. The summed E-state index contributed by atoms with van der Waals surface area (Å²) in [6.45, 7) is 3.88. The van der Waals surface area contributed by atoms with Gasteiger partial charge in [0.1, 0.15) is 0 Å².